The number of ketones is 1. The van der Waals surface area contributed by atoms with E-state index in [1.54, 1.807) is 0 Å². The summed E-state index contributed by atoms with van der Waals surface area (Å²) in [5, 5.41) is 2.99. The lowest BCUT2D eigenvalue weighted by Gasteiger charge is -2.31. The van der Waals surface area contributed by atoms with Crippen LogP contribution in [0.3, 0.4) is 0 Å². The summed E-state index contributed by atoms with van der Waals surface area (Å²) in [7, 11) is 0. The zero-order chi connectivity index (χ0) is 14.7. The summed E-state index contributed by atoms with van der Waals surface area (Å²) in [6.45, 7) is 2.17. The van der Waals surface area contributed by atoms with E-state index in [1.807, 2.05) is 35.2 Å². The zero-order valence-electron chi connectivity index (χ0n) is 12.3. The predicted molar refractivity (Wildman–Crippen MR) is 81.2 cm³/mol. The van der Waals surface area contributed by atoms with Crippen molar-refractivity contribution in [3.63, 3.8) is 0 Å². The molecule has 4 nitrogen and oxygen atoms in total. The Labute approximate surface area is 125 Å². The Kier molecular flexibility index (Phi) is 4.23. The van der Waals surface area contributed by atoms with Crippen LogP contribution in [0, 0.1) is 11.8 Å². The molecule has 2 fully saturated rings. The second kappa shape index (κ2) is 6.29. The molecule has 1 heterocycles. The van der Waals surface area contributed by atoms with Gasteiger partial charge in [-0.3, -0.25) is 4.79 Å². The topological polar surface area (TPSA) is 49.4 Å². The highest BCUT2D eigenvalue weighted by Crippen LogP contribution is 2.27. The van der Waals surface area contributed by atoms with E-state index in [0.29, 0.717) is 19.0 Å². The fourth-order valence-corrected chi connectivity index (χ4v) is 2.85. The first kappa shape index (κ1) is 14.1. The number of piperidine rings is 1. The monoisotopic (exact) mass is 286 g/mol. The van der Waals surface area contributed by atoms with Crippen molar-refractivity contribution in [3.8, 4) is 0 Å². The Balaban J connectivity index is 1.48. The van der Waals surface area contributed by atoms with E-state index in [9.17, 15) is 9.59 Å². The quantitative estimate of drug-likeness (QED) is 0.865. The largest absolute Gasteiger partial charge is 0.338 e. The van der Waals surface area contributed by atoms with Crippen LogP contribution in [-0.4, -0.2) is 36.3 Å². The summed E-state index contributed by atoms with van der Waals surface area (Å²) in [4.78, 5) is 26.2. The van der Waals surface area contributed by atoms with Crippen molar-refractivity contribution in [2.24, 2.45) is 11.8 Å². The van der Waals surface area contributed by atoms with Crippen molar-refractivity contribution in [2.45, 2.75) is 25.7 Å². The van der Waals surface area contributed by atoms with E-state index in [2.05, 4.69) is 5.32 Å². The number of hydrogen-bond acceptors (Lipinski definition) is 2. The van der Waals surface area contributed by atoms with Crippen LogP contribution in [0.15, 0.2) is 30.3 Å². The molecule has 1 saturated heterocycles. The molecule has 0 radical (unpaired) electrons. The fourth-order valence-electron chi connectivity index (χ4n) is 2.85. The SMILES string of the molecule is O=C(c1ccccc1)C1CCN(C(=O)NCC2CC2)CC1. The second-order valence-corrected chi connectivity index (χ2v) is 6.12. The van der Waals surface area contributed by atoms with E-state index in [1.165, 1.54) is 12.8 Å². The molecule has 2 aliphatic rings. The minimum Gasteiger partial charge on any atom is -0.338 e. The van der Waals surface area contributed by atoms with Gasteiger partial charge in [0.1, 0.15) is 0 Å². The standard InChI is InChI=1S/C17H22N2O2/c20-16(14-4-2-1-3-5-14)15-8-10-19(11-9-15)17(21)18-12-13-6-7-13/h1-5,13,15H,6-12H2,(H,18,21). The lowest BCUT2D eigenvalue weighted by Crippen LogP contribution is -2.45. The smallest absolute Gasteiger partial charge is 0.317 e. The number of carbonyl (C=O) groups excluding carboxylic acids is 2. The average molecular weight is 286 g/mol. The molecule has 0 atom stereocenters. The number of likely N-dealkylation sites (tertiary alicyclic amines) is 1. The molecule has 3 rings (SSSR count). The number of benzene rings is 1. The van der Waals surface area contributed by atoms with Crippen LogP contribution in [0.4, 0.5) is 4.79 Å². The molecule has 0 spiro atoms. The van der Waals surface area contributed by atoms with Gasteiger partial charge in [-0.25, -0.2) is 4.79 Å². The molecule has 1 aromatic carbocycles. The van der Waals surface area contributed by atoms with Crippen molar-refractivity contribution in [2.75, 3.05) is 19.6 Å². The maximum absolute atomic E-state index is 12.4. The number of carbonyl (C=O) groups is 2. The van der Waals surface area contributed by atoms with Gasteiger partial charge >= 0.3 is 6.03 Å². The summed E-state index contributed by atoms with van der Waals surface area (Å²) in [6.07, 6.45) is 4.02. The van der Waals surface area contributed by atoms with Gasteiger partial charge in [0.05, 0.1) is 0 Å². The number of nitrogens with one attached hydrogen (secondary N) is 1. The van der Waals surface area contributed by atoms with E-state index in [0.717, 1.165) is 24.9 Å². The molecule has 0 aromatic heterocycles. The molecule has 0 unspecified atom stereocenters. The van der Waals surface area contributed by atoms with Gasteiger partial charge in [0.25, 0.3) is 0 Å². The minimum atomic E-state index is 0.0347. The number of rotatable bonds is 4. The lowest BCUT2D eigenvalue weighted by atomic mass is 9.89. The van der Waals surface area contributed by atoms with Crippen LogP contribution in [0.25, 0.3) is 0 Å². The van der Waals surface area contributed by atoms with Gasteiger partial charge in [0.15, 0.2) is 5.78 Å². The van der Waals surface area contributed by atoms with Crippen LogP contribution in [0.2, 0.25) is 0 Å². The summed E-state index contributed by atoms with van der Waals surface area (Å²) in [5.41, 5.74) is 0.786. The fraction of sp³-hybridized carbons (Fsp3) is 0.529. The Bertz CT molecular complexity index is 503. The molecule has 1 aliphatic carbocycles. The van der Waals surface area contributed by atoms with Crippen LogP contribution >= 0.6 is 0 Å². The van der Waals surface area contributed by atoms with Crippen molar-refractivity contribution in [1.82, 2.24) is 10.2 Å². The van der Waals surface area contributed by atoms with E-state index in [4.69, 9.17) is 0 Å². The number of amides is 2. The summed E-state index contributed by atoms with van der Waals surface area (Å²) >= 11 is 0. The van der Waals surface area contributed by atoms with Gasteiger partial charge in [-0.2, -0.15) is 0 Å². The van der Waals surface area contributed by atoms with Crippen molar-refractivity contribution in [3.05, 3.63) is 35.9 Å². The average Bonchev–Trinajstić information content (AvgIpc) is 3.37. The third-order valence-corrected chi connectivity index (χ3v) is 4.45. The third-order valence-electron chi connectivity index (χ3n) is 4.45. The van der Waals surface area contributed by atoms with Crippen molar-refractivity contribution in [1.29, 1.82) is 0 Å². The van der Waals surface area contributed by atoms with Gasteiger partial charge in [-0.1, -0.05) is 30.3 Å². The molecule has 0 bridgehead atoms. The first-order valence-corrected chi connectivity index (χ1v) is 7.86. The number of urea groups is 1. The molecule has 1 N–H and O–H groups in total. The summed E-state index contributed by atoms with van der Waals surface area (Å²) < 4.78 is 0. The maximum Gasteiger partial charge on any atom is 0.317 e. The maximum atomic E-state index is 12.4. The Hall–Kier alpha value is -1.84. The lowest BCUT2D eigenvalue weighted by molar-refractivity contribution is 0.0854. The van der Waals surface area contributed by atoms with Crippen LogP contribution < -0.4 is 5.32 Å². The highest BCUT2D eigenvalue weighted by molar-refractivity contribution is 5.97. The molecule has 1 aliphatic heterocycles. The molecule has 112 valence electrons. The van der Waals surface area contributed by atoms with Gasteiger partial charge in [0, 0.05) is 31.1 Å². The van der Waals surface area contributed by atoms with Gasteiger partial charge in [-0.05, 0) is 31.6 Å². The first-order chi connectivity index (χ1) is 10.2. The number of hydrogen-bond donors (Lipinski definition) is 1. The molecule has 1 saturated carbocycles. The van der Waals surface area contributed by atoms with Crippen molar-refractivity contribution >= 4 is 11.8 Å². The molecular formula is C17H22N2O2. The van der Waals surface area contributed by atoms with E-state index < -0.39 is 0 Å². The van der Waals surface area contributed by atoms with E-state index in [-0.39, 0.29) is 17.7 Å². The van der Waals surface area contributed by atoms with Crippen LogP contribution in [-0.2, 0) is 0 Å². The third kappa shape index (κ3) is 3.63. The Morgan fingerprint density at radius 2 is 1.71 bits per heavy atom. The minimum absolute atomic E-state index is 0.0347. The number of Topliss-reactive ketones (excluding diaryl/α,β-unsaturated/α-hetero) is 1. The molecule has 2 amide bonds. The molecular weight excluding hydrogens is 264 g/mol. The first-order valence-electron chi connectivity index (χ1n) is 7.86. The Morgan fingerprint density at radius 3 is 2.33 bits per heavy atom. The molecule has 21 heavy (non-hydrogen) atoms. The number of nitrogens with zero attached hydrogens (tertiary/aromatic N) is 1. The van der Waals surface area contributed by atoms with Crippen molar-refractivity contribution < 1.29 is 9.59 Å². The van der Waals surface area contributed by atoms with Gasteiger partial charge < -0.3 is 10.2 Å². The normalized spacial score (nSPS) is 19.3. The molecule has 1 aromatic rings. The van der Waals surface area contributed by atoms with Crippen LogP contribution in [0.5, 0.6) is 0 Å². The van der Waals surface area contributed by atoms with Gasteiger partial charge in [0.2, 0.25) is 0 Å². The Morgan fingerprint density at radius 1 is 1.05 bits per heavy atom. The molecule has 4 heteroatoms. The van der Waals surface area contributed by atoms with Gasteiger partial charge in [-0.15, -0.1) is 0 Å². The second-order valence-electron chi connectivity index (χ2n) is 6.12. The highest BCUT2D eigenvalue weighted by atomic mass is 16.2. The highest BCUT2D eigenvalue weighted by Gasteiger charge is 2.28. The van der Waals surface area contributed by atoms with Crippen LogP contribution in [0.1, 0.15) is 36.0 Å². The predicted octanol–water partition coefficient (Wildman–Crippen LogP) is 2.70. The zero-order valence-corrected chi connectivity index (χ0v) is 12.3. The summed E-state index contributed by atoms with van der Waals surface area (Å²) in [5.74, 6) is 0.972. The summed E-state index contributed by atoms with van der Waals surface area (Å²) in [6, 6.07) is 9.49. The van der Waals surface area contributed by atoms with E-state index >= 15 is 0 Å².